The lowest BCUT2D eigenvalue weighted by Gasteiger charge is -2.45. The Labute approximate surface area is 118 Å². The molecule has 19 heavy (non-hydrogen) atoms. The van der Waals surface area contributed by atoms with Gasteiger partial charge in [-0.2, -0.15) is 0 Å². The average molecular weight is 260 g/mol. The molecule has 1 atom stereocenters. The molecule has 0 radical (unpaired) electrons. The summed E-state index contributed by atoms with van der Waals surface area (Å²) in [4.78, 5) is 2.45. The van der Waals surface area contributed by atoms with Gasteiger partial charge in [-0.1, -0.05) is 19.9 Å². The van der Waals surface area contributed by atoms with Gasteiger partial charge in [0.15, 0.2) is 0 Å². The largest absolute Gasteiger partial charge is 0.369 e. The fraction of sp³-hybridized carbons (Fsp3) is 0.647. The number of fused-ring (bicyclic) bond motifs is 1. The summed E-state index contributed by atoms with van der Waals surface area (Å²) >= 11 is 0. The lowest BCUT2D eigenvalue weighted by Crippen LogP contribution is -2.45. The molecule has 0 bridgehead atoms. The Morgan fingerprint density at radius 3 is 2.68 bits per heavy atom. The van der Waals surface area contributed by atoms with Gasteiger partial charge in [-0.05, 0) is 62.4 Å². The van der Waals surface area contributed by atoms with Gasteiger partial charge in [0.2, 0.25) is 0 Å². The standard InChI is InChI=1S/C17H28N2/c1-7-18-11-14-9-15-13(3)10-17(4,5)19(6)16(15)8-12(14)2/h8-9,13,18H,7,10-11H2,1-6H3/t13-/m1/s1. The molecule has 1 aromatic rings. The van der Waals surface area contributed by atoms with Gasteiger partial charge in [0.25, 0.3) is 0 Å². The van der Waals surface area contributed by atoms with Gasteiger partial charge < -0.3 is 10.2 Å². The molecular weight excluding hydrogens is 232 g/mol. The summed E-state index contributed by atoms with van der Waals surface area (Å²) in [5, 5.41) is 3.44. The molecule has 2 heteroatoms. The molecule has 2 nitrogen and oxygen atoms in total. The van der Waals surface area contributed by atoms with Gasteiger partial charge in [0, 0.05) is 24.8 Å². The molecule has 0 fully saturated rings. The summed E-state index contributed by atoms with van der Waals surface area (Å²) in [5.41, 5.74) is 6.03. The van der Waals surface area contributed by atoms with Crippen molar-refractivity contribution in [3.8, 4) is 0 Å². The molecule has 0 aromatic heterocycles. The van der Waals surface area contributed by atoms with Crippen LogP contribution in [0.5, 0.6) is 0 Å². The summed E-state index contributed by atoms with van der Waals surface area (Å²) < 4.78 is 0. The van der Waals surface area contributed by atoms with Gasteiger partial charge in [-0.15, -0.1) is 0 Å². The van der Waals surface area contributed by atoms with Crippen molar-refractivity contribution < 1.29 is 0 Å². The number of hydrogen-bond acceptors (Lipinski definition) is 2. The fourth-order valence-corrected chi connectivity index (χ4v) is 3.21. The molecule has 106 valence electrons. The highest BCUT2D eigenvalue weighted by atomic mass is 15.2. The van der Waals surface area contributed by atoms with Gasteiger partial charge >= 0.3 is 0 Å². The third-order valence-electron chi connectivity index (χ3n) is 4.66. The number of anilines is 1. The summed E-state index contributed by atoms with van der Waals surface area (Å²) in [5.74, 6) is 0.641. The van der Waals surface area contributed by atoms with Gasteiger partial charge in [-0.25, -0.2) is 0 Å². The number of hydrogen-bond donors (Lipinski definition) is 1. The Morgan fingerprint density at radius 1 is 1.37 bits per heavy atom. The molecule has 2 rings (SSSR count). The normalized spacial score (nSPS) is 21.4. The van der Waals surface area contributed by atoms with Crippen molar-refractivity contribution in [2.24, 2.45) is 0 Å². The third kappa shape index (κ3) is 2.64. The van der Waals surface area contributed by atoms with Crippen LogP contribution in [0.3, 0.4) is 0 Å². The minimum Gasteiger partial charge on any atom is -0.369 e. The second-order valence-electron chi connectivity index (χ2n) is 6.59. The average Bonchev–Trinajstić information content (AvgIpc) is 2.34. The molecule has 0 amide bonds. The van der Waals surface area contributed by atoms with E-state index in [1.165, 1.54) is 28.8 Å². The number of nitrogens with one attached hydrogen (secondary N) is 1. The Morgan fingerprint density at radius 2 is 2.05 bits per heavy atom. The lowest BCUT2D eigenvalue weighted by atomic mass is 9.79. The summed E-state index contributed by atoms with van der Waals surface area (Å²) in [6.45, 7) is 13.4. The van der Waals surface area contributed by atoms with Crippen molar-refractivity contribution in [3.63, 3.8) is 0 Å². The van der Waals surface area contributed by atoms with Crippen molar-refractivity contribution in [1.82, 2.24) is 5.32 Å². The highest BCUT2D eigenvalue weighted by molar-refractivity contribution is 5.62. The van der Waals surface area contributed by atoms with E-state index in [0.717, 1.165) is 13.1 Å². The van der Waals surface area contributed by atoms with Crippen LogP contribution in [0.2, 0.25) is 0 Å². The second-order valence-corrected chi connectivity index (χ2v) is 6.59. The molecule has 0 aliphatic carbocycles. The van der Waals surface area contributed by atoms with E-state index in [2.05, 4.69) is 64.0 Å². The van der Waals surface area contributed by atoms with Gasteiger partial charge in [0.05, 0.1) is 0 Å². The van der Waals surface area contributed by atoms with Crippen LogP contribution in [0.1, 0.15) is 56.7 Å². The Balaban J connectivity index is 2.43. The van der Waals surface area contributed by atoms with Crippen LogP contribution in [0.15, 0.2) is 12.1 Å². The first-order chi connectivity index (χ1) is 8.86. The Kier molecular flexibility index (Phi) is 3.91. The summed E-state index contributed by atoms with van der Waals surface area (Å²) in [6, 6.07) is 4.79. The van der Waals surface area contributed by atoms with Crippen molar-refractivity contribution >= 4 is 5.69 Å². The quantitative estimate of drug-likeness (QED) is 0.888. The fourth-order valence-electron chi connectivity index (χ4n) is 3.21. The number of benzene rings is 1. The van der Waals surface area contributed by atoms with Crippen LogP contribution < -0.4 is 10.2 Å². The van der Waals surface area contributed by atoms with E-state index >= 15 is 0 Å². The molecule has 0 saturated carbocycles. The van der Waals surface area contributed by atoms with Crippen molar-refractivity contribution in [2.45, 2.75) is 59.0 Å². The minimum absolute atomic E-state index is 0.252. The monoisotopic (exact) mass is 260 g/mol. The van der Waals surface area contributed by atoms with E-state index < -0.39 is 0 Å². The number of rotatable bonds is 3. The van der Waals surface area contributed by atoms with E-state index in [9.17, 15) is 0 Å². The number of aryl methyl sites for hydroxylation is 1. The smallest absolute Gasteiger partial charge is 0.0406 e. The maximum absolute atomic E-state index is 3.44. The van der Waals surface area contributed by atoms with E-state index in [1.807, 2.05) is 0 Å². The molecule has 1 N–H and O–H groups in total. The first-order valence-corrected chi connectivity index (χ1v) is 7.44. The molecule has 1 aliphatic heterocycles. The molecular formula is C17H28N2. The Bertz CT molecular complexity index is 463. The third-order valence-corrected chi connectivity index (χ3v) is 4.66. The Hall–Kier alpha value is -1.02. The van der Waals surface area contributed by atoms with Crippen LogP contribution in [0, 0.1) is 6.92 Å². The van der Waals surface area contributed by atoms with Crippen LogP contribution in [0.25, 0.3) is 0 Å². The zero-order chi connectivity index (χ0) is 14.2. The maximum Gasteiger partial charge on any atom is 0.0406 e. The predicted molar refractivity (Wildman–Crippen MR) is 84.1 cm³/mol. The topological polar surface area (TPSA) is 15.3 Å². The van der Waals surface area contributed by atoms with E-state index in [-0.39, 0.29) is 5.54 Å². The highest BCUT2D eigenvalue weighted by Gasteiger charge is 2.34. The van der Waals surface area contributed by atoms with E-state index in [1.54, 1.807) is 0 Å². The van der Waals surface area contributed by atoms with Gasteiger partial charge in [-0.3, -0.25) is 0 Å². The van der Waals surface area contributed by atoms with Crippen LogP contribution >= 0.6 is 0 Å². The molecule has 1 aromatic carbocycles. The van der Waals surface area contributed by atoms with Crippen molar-refractivity contribution in [2.75, 3.05) is 18.5 Å². The molecule has 0 spiro atoms. The van der Waals surface area contributed by atoms with Crippen LogP contribution in [-0.2, 0) is 6.54 Å². The lowest BCUT2D eigenvalue weighted by molar-refractivity contribution is 0.395. The summed E-state index contributed by atoms with van der Waals surface area (Å²) in [7, 11) is 2.23. The molecule has 1 heterocycles. The van der Waals surface area contributed by atoms with Crippen molar-refractivity contribution in [3.05, 3.63) is 28.8 Å². The zero-order valence-corrected chi connectivity index (χ0v) is 13.3. The highest BCUT2D eigenvalue weighted by Crippen LogP contribution is 2.43. The van der Waals surface area contributed by atoms with Crippen molar-refractivity contribution in [1.29, 1.82) is 0 Å². The maximum atomic E-state index is 3.44. The van der Waals surface area contributed by atoms with Crippen LogP contribution in [0.4, 0.5) is 5.69 Å². The number of nitrogens with zero attached hydrogens (tertiary/aromatic N) is 1. The first kappa shape index (κ1) is 14.4. The molecule has 0 unspecified atom stereocenters. The summed E-state index contributed by atoms with van der Waals surface area (Å²) in [6.07, 6.45) is 1.22. The SMILES string of the molecule is CCNCc1cc2c(cc1C)N(C)C(C)(C)C[C@H]2C. The van der Waals surface area contributed by atoms with Crippen LogP contribution in [-0.4, -0.2) is 19.1 Å². The minimum atomic E-state index is 0.252. The predicted octanol–water partition coefficient (Wildman–Crippen LogP) is 3.83. The van der Waals surface area contributed by atoms with E-state index in [0.29, 0.717) is 5.92 Å². The van der Waals surface area contributed by atoms with Gasteiger partial charge in [0.1, 0.15) is 0 Å². The zero-order valence-electron chi connectivity index (χ0n) is 13.3. The molecule has 0 saturated heterocycles. The van der Waals surface area contributed by atoms with E-state index in [4.69, 9.17) is 0 Å². The second kappa shape index (κ2) is 5.16. The molecule has 1 aliphatic rings. The first-order valence-electron chi connectivity index (χ1n) is 7.44.